The number of hydrogen-bond acceptors (Lipinski definition) is 4. The molecule has 1 aliphatic rings. The van der Waals surface area contributed by atoms with Gasteiger partial charge in [-0.2, -0.15) is 23.5 Å². The van der Waals surface area contributed by atoms with Crippen LogP contribution in [0.5, 0.6) is 5.75 Å². The monoisotopic (exact) mass is 325 g/mol. The fourth-order valence-corrected chi connectivity index (χ4v) is 4.82. The molecule has 4 heteroatoms. The average molecular weight is 326 g/mol. The van der Waals surface area contributed by atoms with Crippen LogP contribution in [0.1, 0.15) is 32.4 Å². The van der Waals surface area contributed by atoms with E-state index in [1.165, 1.54) is 22.8 Å². The van der Waals surface area contributed by atoms with Crippen molar-refractivity contribution in [3.8, 4) is 5.75 Å². The van der Waals surface area contributed by atoms with E-state index in [1.54, 1.807) is 0 Å². The van der Waals surface area contributed by atoms with Crippen molar-refractivity contribution in [1.29, 1.82) is 0 Å². The first-order chi connectivity index (χ1) is 10.1. The minimum absolute atomic E-state index is 0.400. The lowest BCUT2D eigenvalue weighted by Gasteiger charge is -2.23. The highest BCUT2D eigenvalue weighted by atomic mass is 32.2. The van der Waals surface area contributed by atoms with Gasteiger partial charge in [-0.25, -0.2) is 0 Å². The highest BCUT2D eigenvalue weighted by molar-refractivity contribution is 8.06. The van der Waals surface area contributed by atoms with Crippen molar-refractivity contribution in [3.05, 3.63) is 29.8 Å². The molecule has 0 aromatic heterocycles. The number of hydrogen-bond donors (Lipinski definition) is 1. The highest BCUT2D eigenvalue weighted by Gasteiger charge is 2.15. The van der Waals surface area contributed by atoms with Crippen molar-refractivity contribution >= 4 is 23.5 Å². The Morgan fingerprint density at radius 3 is 2.57 bits per heavy atom. The standard InChI is InChI=1S/C17H27NOS2/c1-13(2)11-19-16-6-4-15(5-7-16)14(3)18-10-17-12-20-8-9-21-17/h4-7,13-14,17-18H,8-12H2,1-3H3. The molecule has 1 fully saturated rings. The predicted octanol–water partition coefficient (Wildman–Crippen LogP) is 4.22. The Labute approximate surface area is 137 Å². The number of ether oxygens (including phenoxy) is 1. The molecule has 118 valence electrons. The van der Waals surface area contributed by atoms with Gasteiger partial charge in [0.1, 0.15) is 5.75 Å². The van der Waals surface area contributed by atoms with E-state index in [0.29, 0.717) is 12.0 Å². The third-order valence-corrected chi connectivity index (χ3v) is 6.34. The zero-order chi connectivity index (χ0) is 15.1. The minimum atomic E-state index is 0.400. The van der Waals surface area contributed by atoms with Crippen LogP contribution in [0.25, 0.3) is 0 Å². The molecule has 0 spiro atoms. The summed E-state index contributed by atoms with van der Waals surface area (Å²) in [6.45, 7) is 8.46. The first-order valence-electron chi connectivity index (χ1n) is 7.80. The van der Waals surface area contributed by atoms with Gasteiger partial charge in [0.25, 0.3) is 0 Å². The zero-order valence-corrected chi connectivity index (χ0v) is 14.9. The maximum absolute atomic E-state index is 5.73. The van der Waals surface area contributed by atoms with E-state index in [2.05, 4.69) is 73.9 Å². The van der Waals surface area contributed by atoms with Crippen molar-refractivity contribution in [2.75, 3.05) is 30.4 Å². The molecule has 1 aliphatic heterocycles. The van der Waals surface area contributed by atoms with Crippen molar-refractivity contribution in [1.82, 2.24) is 5.32 Å². The number of benzene rings is 1. The highest BCUT2D eigenvalue weighted by Crippen LogP contribution is 2.24. The van der Waals surface area contributed by atoms with E-state index in [0.717, 1.165) is 24.2 Å². The number of thioether (sulfide) groups is 2. The molecule has 1 saturated heterocycles. The first kappa shape index (κ1) is 17.0. The van der Waals surface area contributed by atoms with Gasteiger partial charge < -0.3 is 10.1 Å². The number of nitrogens with one attached hydrogen (secondary N) is 1. The molecule has 0 amide bonds. The molecule has 2 rings (SSSR count). The van der Waals surface area contributed by atoms with Gasteiger partial charge in [-0.1, -0.05) is 26.0 Å². The van der Waals surface area contributed by atoms with Crippen LogP contribution in [0.3, 0.4) is 0 Å². The Hall–Kier alpha value is -0.320. The summed E-state index contributed by atoms with van der Waals surface area (Å²) in [5, 5.41) is 4.43. The van der Waals surface area contributed by atoms with Gasteiger partial charge in [-0.05, 0) is 30.5 Å². The van der Waals surface area contributed by atoms with Crippen LogP contribution in [0, 0.1) is 5.92 Å². The molecule has 2 nitrogen and oxygen atoms in total. The quantitative estimate of drug-likeness (QED) is 0.810. The Balaban J connectivity index is 1.77. The van der Waals surface area contributed by atoms with Crippen molar-refractivity contribution in [2.45, 2.75) is 32.1 Å². The van der Waals surface area contributed by atoms with Gasteiger partial charge in [0, 0.05) is 35.1 Å². The predicted molar refractivity (Wildman–Crippen MR) is 96.8 cm³/mol. The summed E-state index contributed by atoms with van der Waals surface area (Å²) in [5.74, 6) is 5.43. The summed E-state index contributed by atoms with van der Waals surface area (Å²) in [6.07, 6.45) is 0. The van der Waals surface area contributed by atoms with Crippen LogP contribution < -0.4 is 10.1 Å². The van der Waals surface area contributed by atoms with Gasteiger partial charge in [0.2, 0.25) is 0 Å². The average Bonchev–Trinajstić information content (AvgIpc) is 2.52. The fraction of sp³-hybridized carbons (Fsp3) is 0.647. The van der Waals surface area contributed by atoms with Crippen LogP contribution in [0.2, 0.25) is 0 Å². The lowest BCUT2D eigenvalue weighted by Crippen LogP contribution is -2.30. The molecular formula is C17H27NOS2. The van der Waals surface area contributed by atoms with Crippen LogP contribution in [0.4, 0.5) is 0 Å². The summed E-state index contributed by atoms with van der Waals surface area (Å²) >= 11 is 4.19. The molecule has 0 aliphatic carbocycles. The first-order valence-corrected chi connectivity index (χ1v) is 10.0. The SMILES string of the molecule is CC(C)COc1ccc(C(C)NCC2CSCCS2)cc1. The molecule has 1 heterocycles. The zero-order valence-electron chi connectivity index (χ0n) is 13.3. The normalized spacial score (nSPS) is 20.5. The lowest BCUT2D eigenvalue weighted by molar-refractivity contribution is 0.271. The smallest absolute Gasteiger partial charge is 0.119 e. The van der Waals surface area contributed by atoms with E-state index < -0.39 is 0 Å². The molecule has 0 saturated carbocycles. The molecular weight excluding hydrogens is 298 g/mol. The molecule has 1 aromatic rings. The van der Waals surface area contributed by atoms with Crippen molar-refractivity contribution in [3.63, 3.8) is 0 Å². The topological polar surface area (TPSA) is 21.3 Å². The Morgan fingerprint density at radius 2 is 1.95 bits per heavy atom. The van der Waals surface area contributed by atoms with E-state index >= 15 is 0 Å². The molecule has 0 bridgehead atoms. The van der Waals surface area contributed by atoms with E-state index in [9.17, 15) is 0 Å². The van der Waals surface area contributed by atoms with E-state index in [4.69, 9.17) is 4.74 Å². The van der Waals surface area contributed by atoms with Crippen LogP contribution in [0.15, 0.2) is 24.3 Å². The van der Waals surface area contributed by atoms with Crippen LogP contribution >= 0.6 is 23.5 Å². The molecule has 2 unspecified atom stereocenters. The maximum atomic E-state index is 5.73. The summed E-state index contributed by atoms with van der Waals surface area (Å²) in [7, 11) is 0. The number of rotatable bonds is 7. The Bertz CT molecular complexity index is 402. The second kappa shape index (κ2) is 8.96. The molecule has 0 radical (unpaired) electrons. The lowest BCUT2D eigenvalue weighted by atomic mass is 10.1. The summed E-state index contributed by atoms with van der Waals surface area (Å²) in [5.41, 5.74) is 1.33. The third kappa shape index (κ3) is 6.13. The second-order valence-corrected chi connectivity index (χ2v) is 8.53. The Morgan fingerprint density at radius 1 is 1.19 bits per heavy atom. The molecule has 1 aromatic carbocycles. The van der Waals surface area contributed by atoms with Gasteiger partial charge >= 0.3 is 0 Å². The minimum Gasteiger partial charge on any atom is -0.493 e. The summed E-state index contributed by atoms with van der Waals surface area (Å²) < 4.78 is 5.73. The van der Waals surface area contributed by atoms with Gasteiger partial charge in [-0.3, -0.25) is 0 Å². The summed E-state index contributed by atoms with van der Waals surface area (Å²) in [4.78, 5) is 0. The van der Waals surface area contributed by atoms with Crippen LogP contribution in [-0.4, -0.2) is 35.7 Å². The van der Waals surface area contributed by atoms with E-state index in [1.807, 2.05) is 0 Å². The van der Waals surface area contributed by atoms with Gasteiger partial charge in [0.05, 0.1) is 6.61 Å². The largest absolute Gasteiger partial charge is 0.493 e. The van der Waals surface area contributed by atoms with Gasteiger partial charge in [-0.15, -0.1) is 0 Å². The molecule has 1 N–H and O–H groups in total. The molecule has 2 atom stereocenters. The maximum Gasteiger partial charge on any atom is 0.119 e. The van der Waals surface area contributed by atoms with Crippen molar-refractivity contribution in [2.24, 2.45) is 5.92 Å². The summed E-state index contributed by atoms with van der Waals surface area (Å²) in [6, 6.07) is 8.92. The Kier molecular flexibility index (Phi) is 7.27. The van der Waals surface area contributed by atoms with Gasteiger partial charge in [0.15, 0.2) is 0 Å². The fourth-order valence-electron chi connectivity index (χ4n) is 2.20. The van der Waals surface area contributed by atoms with E-state index in [-0.39, 0.29) is 0 Å². The van der Waals surface area contributed by atoms with Crippen LogP contribution in [-0.2, 0) is 0 Å². The second-order valence-electron chi connectivity index (χ2n) is 5.97. The third-order valence-electron chi connectivity index (χ3n) is 3.50. The molecule has 21 heavy (non-hydrogen) atoms. The van der Waals surface area contributed by atoms with Crippen molar-refractivity contribution < 1.29 is 4.74 Å².